The van der Waals surface area contributed by atoms with Crippen LogP contribution in [0.25, 0.3) is 0 Å². The highest BCUT2D eigenvalue weighted by molar-refractivity contribution is 5.85. The Bertz CT molecular complexity index is 321. The average molecular weight is 292 g/mol. The van der Waals surface area contributed by atoms with E-state index in [4.69, 9.17) is 5.73 Å². The van der Waals surface area contributed by atoms with E-state index in [1.165, 1.54) is 5.56 Å². The van der Waals surface area contributed by atoms with E-state index in [9.17, 15) is 0 Å². The normalized spacial score (nSPS) is 23.9. The van der Waals surface area contributed by atoms with Crippen molar-refractivity contribution in [2.24, 2.45) is 11.7 Å². The van der Waals surface area contributed by atoms with Gasteiger partial charge in [0, 0.05) is 31.5 Å². The van der Waals surface area contributed by atoms with Crippen molar-refractivity contribution in [2.45, 2.75) is 25.8 Å². The predicted molar refractivity (Wildman–Crippen MR) is 80.6 cm³/mol. The van der Waals surface area contributed by atoms with Crippen LogP contribution in [0.2, 0.25) is 0 Å². The van der Waals surface area contributed by atoms with Gasteiger partial charge in [-0.25, -0.2) is 0 Å². The van der Waals surface area contributed by atoms with Gasteiger partial charge in [0.2, 0.25) is 0 Å². The topological polar surface area (TPSA) is 42.2 Å². The van der Waals surface area contributed by atoms with E-state index in [0.29, 0.717) is 12.0 Å². The Morgan fingerprint density at radius 2 is 2.22 bits per heavy atom. The first kappa shape index (κ1) is 17.6. The van der Waals surface area contributed by atoms with Gasteiger partial charge in [-0.1, -0.05) is 13.0 Å². The summed E-state index contributed by atoms with van der Waals surface area (Å²) in [6, 6.07) is 4.55. The monoisotopic (exact) mass is 291 g/mol. The Balaban J connectivity index is 0.00000144. The first-order valence-electron chi connectivity index (χ1n) is 6.12. The van der Waals surface area contributed by atoms with Crippen LogP contribution in [0.5, 0.6) is 0 Å². The van der Waals surface area contributed by atoms with Crippen LogP contribution in [0.4, 0.5) is 0 Å². The van der Waals surface area contributed by atoms with Gasteiger partial charge >= 0.3 is 0 Å². The summed E-state index contributed by atoms with van der Waals surface area (Å²) < 4.78 is 0. The molecule has 2 unspecified atom stereocenters. The van der Waals surface area contributed by atoms with Gasteiger partial charge in [-0.05, 0) is 36.9 Å². The summed E-state index contributed by atoms with van der Waals surface area (Å²) in [5, 5.41) is 0. The van der Waals surface area contributed by atoms with Gasteiger partial charge in [0.1, 0.15) is 0 Å². The van der Waals surface area contributed by atoms with Crippen LogP contribution in [-0.4, -0.2) is 35.6 Å². The van der Waals surface area contributed by atoms with Crippen molar-refractivity contribution in [1.29, 1.82) is 0 Å². The second kappa shape index (κ2) is 8.70. The van der Waals surface area contributed by atoms with Gasteiger partial charge in [0.05, 0.1) is 0 Å². The fourth-order valence-corrected chi connectivity index (χ4v) is 2.29. The highest BCUT2D eigenvalue weighted by atomic mass is 35.5. The smallest absolute Gasteiger partial charge is 0.0300 e. The molecule has 0 amide bonds. The number of pyridine rings is 1. The maximum atomic E-state index is 6.01. The number of nitrogens with zero attached hydrogens (tertiary/aromatic N) is 2. The molecule has 104 valence electrons. The van der Waals surface area contributed by atoms with Gasteiger partial charge in [-0.15, -0.1) is 24.8 Å². The number of halogens is 2. The second-order valence-corrected chi connectivity index (χ2v) is 4.84. The molecule has 1 aromatic rings. The van der Waals surface area contributed by atoms with E-state index in [1.54, 1.807) is 0 Å². The number of likely N-dealkylation sites (tertiary alicyclic amines) is 1. The molecule has 1 aliphatic rings. The molecule has 18 heavy (non-hydrogen) atoms. The van der Waals surface area contributed by atoms with Crippen LogP contribution < -0.4 is 5.73 Å². The number of aromatic nitrogens is 1. The number of piperidine rings is 1. The van der Waals surface area contributed by atoms with E-state index in [2.05, 4.69) is 22.9 Å². The van der Waals surface area contributed by atoms with Crippen LogP contribution >= 0.6 is 24.8 Å². The molecular weight excluding hydrogens is 269 g/mol. The number of rotatable bonds is 3. The molecule has 2 atom stereocenters. The molecular formula is C13H23Cl2N3. The molecule has 1 aromatic heterocycles. The predicted octanol–water partition coefficient (Wildman–Crippen LogP) is 2.14. The Morgan fingerprint density at radius 3 is 2.83 bits per heavy atom. The fraction of sp³-hybridized carbons (Fsp3) is 0.615. The lowest BCUT2D eigenvalue weighted by Crippen LogP contribution is -2.46. The van der Waals surface area contributed by atoms with E-state index in [0.717, 1.165) is 32.5 Å². The number of hydrogen-bond acceptors (Lipinski definition) is 3. The quantitative estimate of drug-likeness (QED) is 0.928. The molecule has 1 aliphatic heterocycles. The Morgan fingerprint density at radius 1 is 1.44 bits per heavy atom. The molecule has 3 nitrogen and oxygen atoms in total. The molecule has 0 aliphatic carbocycles. The lowest BCUT2D eigenvalue weighted by atomic mass is 9.94. The summed E-state index contributed by atoms with van der Waals surface area (Å²) in [6.07, 6.45) is 6.01. The highest BCUT2D eigenvalue weighted by Crippen LogP contribution is 2.15. The highest BCUT2D eigenvalue weighted by Gasteiger charge is 2.22. The summed E-state index contributed by atoms with van der Waals surface area (Å²) in [6.45, 7) is 5.66. The van der Waals surface area contributed by atoms with Crippen molar-refractivity contribution in [3.05, 3.63) is 30.1 Å². The summed E-state index contributed by atoms with van der Waals surface area (Å²) in [5.41, 5.74) is 7.34. The minimum absolute atomic E-state index is 0. The van der Waals surface area contributed by atoms with Crippen molar-refractivity contribution in [2.75, 3.05) is 19.6 Å². The summed E-state index contributed by atoms with van der Waals surface area (Å²) >= 11 is 0. The molecule has 1 saturated heterocycles. The standard InChI is InChI=1S/C13H21N3.2ClH/c1-11-10-16(8-5-13(11)14)7-4-12-3-2-6-15-9-12;;/h2-3,6,9,11,13H,4-5,7-8,10,14H2,1H3;2*1H. The lowest BCUT2D eigenvalue weighted by molar-refractivity contribution is 0.166. The van der Waals surface area contributed by atoms with E-state index in [-0.39, 0.29) is 24.8 Å². The van der Waals surface area contributed by atoms with Crippen molar-refractivity contribution < 1.29 is 0 Å². The molecule has 0 saturated carbocycles. The third kappa shape index (κ3) is 5.11. The molecule has 2 heterocycles. The molecule has 0 radical (unpaired) electrons. The average Bonchev–Trinajstić information content (AvgIpc) is 2.32. The van der Waals surface area contributed by atoms with E-state index < -0.39 is 0 Å². The van der Waals surface area contributed by atoms with Crippen molar-refractivity contribution in [3.63, 3.8) is 0 Å². The molecule has 0 spiro atoms. The zero-order valence-corrected chi connectivity index (χ0v) is 12.4. The molecule has 0 bridgehead atoms. The van der Waals surface area contributed by atoms with Crippen LogP contribution in [0.15, 0.2) is 24.5 Å². The SMILES string of the molecule is CC1CN(CCc2cccnc2)CCC1N.Cl.Cl. The molecule has 2 N–H and O–H groups in total. The molecule has 2 rings (SSSR count). The number of nitrogens with two attached hydrogens (primary N) is 1. The minimum Gasteiger partial charge on any atom is -0.327 e. The van der Waals surface area contributed by atoms with Crippen molar-refractivity contribution in [3.8, 4) is 0 Å². The molecule has 1 fully saturated rings. The summed E-state index contributed by atoms with van der Waals surface area (Å²) in [5.74, 6) is 0.627. The third-order valence-electron chi connectivity index (χ3n) is 3.50. The van der Waals surface area contributed by atoms with Crippen molar-refractivity contribution >= 4 is 24.8 Å². The zero-order valence-electron chi connectivity index (χ0n) is 10.8. The van der Waals surface area contributed by atoms with Crippen molar-refractivity contribution in [1.82, 2.24) is 9.88 Å². The lowest BCUT2D eigenvalue weighted by Gasteiger charge is -2.35. The maximum absolute atomic E-state index is 6.01. The van der Waals surface area contributed by atoms with Gasteiger partial charge in [-0.3, -0.25) is 4.98 Å². The Labute approximate surface area is 122 Å². The Hall–Kier alpha value is -0.350. The van der Waals surface area contributed by atoms with E-state index >= 15 is 0 Å². The molecule has 5 heteroatoms. The van der Waals surface area contributed by atoms with Gasteiger partial charge in [-0.2, -0.15) is 0 Å². The largest absolute Gasteiger partial charge is 0.327 e. The van der Waals surface area contributed by atoms with Crippen LogP contribution in [0.3, 0.4) is 0 Å². The van der Waals surface area contributed by atoms with Gasteiger partial charge < -0.3 is 10.6 Å². The van der Waals surface area contributed by atoms with Crippen LogP contribution in [0, 0.1) is 5.92 Å². The van der Waals surface area contributed by atoms with Crippen LogP contribution in [0.1, 0.15) is 18.9 Å². The van der Waals surface area contributed by atoms with Gasteiger partial charge in [0.25, 0.3) is 0 Å². The van der Waals surface area contributed by atoms with Gasteiger partial charge in [0.15, 0.2) is 0 Å². The number of hydrogen-bond donors (Lipinski definition) is 1. The van der Waals surface area contributed by atoms with E-state index in [1.807, 2.05) is 18.5 Å². The third-order valence-corrected chi connectivity index (χ3v) is 3.50. The zero-order chi connectivity index (χ0) is 11.4. The summed E-state index contributed by atoms with van der Waals surface area (Å²) in [4.78, 5) is 6.65. The molecule has 0 aromatic carbocycles. The maximum Gasteiger partial charge on any atom is 0.0300 e. The summed E-state index contributed by atoms with van der Waals surface area (Å²) in [7, 11) is 0. The first-order chi connectivity index (χ1) is 7.75. The van der Waals surface area contributed by atoms with Crippen LogP contribution in [-0.2, 0) is 6.42 Å². The second-order valence-electron chi connectivity index (χ2n) is 4.84. The minimum atomic E-state index is 0. The Kier molecular flexibility index (Phi) is 8.53. The fourth-order valence-electron chi connectivity index (χ4n) is 2.29. The first-order valence-corrected chi connectivity index (χ1v) is 6.12.